The van der Waals surface area contributed by atoms with Crippen molar-refractivity contribution in [1.82, 2.24) is 5.32 Å². The third-order valence-electron chi connectivity index (χ3n) is 3.53. The summed E-state index contributed by atoms with van der Waals surface area (Å²) in [6, 6.07) is 3.07. The molecule has 1 unspecified atom stereocenters. The normalized spacial score (nSPS) is 18.0. The van der Waals surface area contributed by atoms with E-state index in [1.54, 1.807) is 6.07 Å². The molecule has 122 valence electrons. The molecule has 1 amide bonds. The average Bonchev–Trinajstić information content (AvgIpc) is 2.53. The zero-order valence-corrected chi connectivity index (χ0v) is 12.8. The first kappa shape index (κ1) is 16.4. The van der Waals surface area contributed by atoms with Crippen LogP contribution in [0.1, 0.15) is 23.2 Å². The summed E-state index contributed by atoms with van der Waals surface area (Å²) in [5.74, 6) is 0.359. The van der Waals surface area contributed by atoms with E-state index >= 15 is 0 Å². The number of benzene rings is 1. The molecule has 1 aliphatic heterocycles. The molecule has 7 nitrogen and oxygen atoms in total. The summed E-state index contributed by atoms with van der Waals surface area (Å²) in [7, 11) is 1.52. The standard InChI is InChI=1S/C15H23N3O4/c1-20-13-8-12(16)11(15(17)19)7-14(13)22-5-2-3-10-9-18-4-6-21-10/h7-8,10,18H,2-6,9,16H2,1H3,(H2,17,19). The van der Waals surface area contributed by atoms with Gasteiger partial charge >= 0.3 is 0 Å². The molecule has 7 heteroatoms. The number of nitrogens with one attached hydrogen (secondary N) is 1. The molecular weight excluding hydrogens is 286 g/mol. The number of ether oxygens (including phenoxy) is 3. The Morgan fingerprint density at radius 1 is 1.45 bits per heavy atom. The predicted molar refractivity (Wildman–Crippen MR) is 83.3 cm³/mol. The van der Waals surface area contributed by atoms with Crippen LogP contribution in [0.25, 0.3) is 0 Å². The maximum absolute atomic E-state index is 11.3. The second kappa shape index (κ2) is 7.86. The lowest BCUT2D eigenvalue weighted by atomic mass is 10.1. The van der Waals surface area contributed by atoms with Crippen LogP contribution in [0.2, 0.25) is 0 Å². The second-order valence-electron chi connectivity index (χ2n) is 5.14. The molecule has 2 rings (SSSR count). The van der Waals surface area contributed by atoms with Gasteiger partial charge in [0.05, 0.1) is 32.0 Å². The number of hydrogen-bond donors (Lipinski definition) is 3. The molecule has 0 saturated carbocycles. The Bertz CT molecular complexity index is 516. The summed E-state index contributed by atoms with van der Waals surface area (Å²) in [6.45, 7) is 3.03. The minimum atomic E-state index is -0.591. The maximum Gasteiger partial charge on any atom is 0.250 e. The van der Waals surface area contributed by atoms with Crippen molar-refractivity contribution < 1.29 is 19.0 Å². The van der Waals surface area contributed by atoms with Crippen molar-refractivity contribution in [2.75, 3.05) is 39.1 Å². The lowest BCUT2D eigenvalue weighted by Crippen LogP contribution is -2.38. The van der Waals surface area contributed by atoms with E-state index in [2.05, 4.69) is 5.32 Å². The number of primary amides is 1. The van der Waals surface area contributed by atoms with Crippen molar-refractivity contribution in [2.24, 2.45) is 5.73 Å². The summed E-state index contributed by atoms with van der Waals surface area (Å²) >= 11 is 0. The molecule has 22 heavy (non-hydrogen) atoms. The van der Waals surface area contributed by atoms with Gasteiger partial charge in [-0.2, -0.15) is 0 Å². The van der Waals surface area contributed by atoms with Crippen LogP contribution in [0.4, 0.5) is 5.69 Å². The van der Waals surface area contributed by atoms with Crippen molar-refractivity contribution in [3.8, 4) is 11.5 Å². The molecule has 1 aliphatic rings. The molecule has 1 atom stereocenters. The topological polar surface area (TPSA) is 109 Å². The predicted octanol–water partition coefficient (Wildman–Crippen LogP) is 0.524. The molecule has 5 N–H and O–H groups in total. The minimum Gasteiger partial charge on any atom is -0.493 e. The number of nitrogens with two attached hydrogens (primary N) is 2. The summed E-state index contributed by atoms with van der Waals surface area (Å²) < 4.78 is 16.5. The maximum atomic E-state index is 11.3. The fourth-order valence-corrected chi connectivity index (χ4v) is 2.36. The quantitative estimate of drug-likeness (QED) is 0.500. The molecule has 0 bridgehead atoms. The van der Waals surface area contributed by atoms with Crippen LogP contribution >= 0.6 is 0 Å². The summed E-state index contributed by atoms with van der Waals surface area (Å²) in [4.78, 5) is 11.3. The first-order valence-electron chi connectivity index (χ1n) is 7.34. The molecular formula is C15H23N3O4. The van der Waals surface area contributed by atoms with E-state index < -0.39 is 5.91 Å². The van der Waals surface area contributed by atoms with Gasteiger partial charge in [-0.25, -0.2) is 0 Å². The van der Waals surface area contributed by atoms with Crippen molar-refractivity contribution in [2.45, 2.75) is 18.9 Å². The van der Waals surface area contributed by atoms with Gasteiger partial charge < -0.3 is 31.0 Å². The number of rotatable bonds is 7. The molecule has 0 radical (unpaired) electrons. The minimum absolute atomic E-state index is 0.229. The van der Waals surface area contributed by atoms with Crippen LogP contribution in [-0.2, 0) is 4.74 Å². The van der Waals surface area contributed by atoms with Gasteiger partial charge in [-0.15, -0.1) is 0 Å². The first-order chi connectivity index (χ1) is 10.6. The van der Waals surface area contributed by atoms with E-state index in [1.165, 1.54) is 13.2 Å². The van der Waals surface area contributed by atoms with Gasteiger partial charge in [0.2, 0.25) is 0 Å². The fraction of sp³-hybridized carbons (Fsp3) is 0.533. The Morgan fingerprint density at radius 3 is 2.91 bits per heavy atom. The Balaban J connectivity index is 1.90. The highest BCUT2D eigenvalue weighted by molar-refractivity contribution is 5.98. The lowest BCUT2D eigenvalue weighted by Gasteiger charge is -2.23. The molecule has 1 fully saturated rings. The fourth-order valence-electron chi connectivity index (χ4n) is 2.36. The van der Waals surface area contributed by atoms with Gasteiger partial charge in [0.1, 0.15) is 0 Å². The van der Waals surface area contributed by atoms with Crippen LogP contribution in [0.3, 0.4) is 0 Å². The van der Waals surface area contributed by atoms with Gasteiger partial charge in [-0.3, -0.25) is 4.79 Å². The van der Waals surface area contributed by atoms with Gasteiger partial charge in [0, 0.05) is 24.8 Å². The summed E-state index contributed by atoms with van der Waals surface area (Å²) in [5, 5.41) is 3.29. The van der Waals surface area contributed by atoms with Crippen LogP contribution < -0.4 is 26.3 Å². The lowest BCUT2D eigenvalue weighted by molar-refractivity contribution is 0.0203. The smallest absolute Gasteiger partial charge is 0.250 e. The van der Waals surface area contributed by atoms with E-state index in [9.17, 15) is 4.79 Å². The molecule has 1 aromatic carbocycles. The zero-order chi connectivity index (χ0) is 15.9. The SMILES string of the molecule is COc1cc(N)c(C(N)=O)cc1OCCCC1CNCCO1. The Labute approximate surface area is 129 Å². The number of anilines is 1. The highest BCUT2D eigenvalue weighted by Gasteiger charge is 2.15. The van der Waals surface area contributed by atoms with Crippen LogP contribution in [0.15, 0.2) is 12.1 Å². The molecule has 1 heterocycles. The van der Waals surface area contributed by atoms with Crippen molar-refractivity contribution in [3.05, 3.63) is 17.7 Å². The third kappa shape index (κ3) is 4.25. The number of morpholine rings is 1. The van der Waals surface area contributed by atoms with Gasteiger partial charge in [-0.1, -0.05) is 0 Å². The Hall–Kier alpha value is -1.99. The number of carbonyl (C=O) groups excluding carboxylic acids is 1. The van der Waals surface area contributed by atoms with E-state index in [-0.39, 0.29) is 17.4 Å². The number of amides is 1. The molecule has 1 saturated heterocycles. The second-order valence-corrected chi connectivity index (χ2v) is 5.14. The highest BCUT2D eigenvalue weighted by Crippen LogP contribution is 2.32. The van der Waals surface area contributed by atoms with Crippen LogP contribution in [-0.4, -0.2) is 45.4 Å². The average molecular weight is 309 g/mol. The monoisotopic (exact) mass is 309 g/mol. The highest BCUT2D eigenvalue weighted by atomic mass is 16.5. The molecule has 0 spiro atoms. The molecule has 0 aliphatic carbocycles. The Kier molecular flexibility index (Phi) is 5.85. The number of methoxy groups -OCH3 is 1. The molecule has 1 aromatic rings. The summed E-state index contributed by atoms with van der Waals surface area (Å²) in [5.41, 5.74) is 11.6. The number of carbonyl (C=O) groups is 1. The van der Waals surface area contributed by atoms with E-state index in [0.717, 1.165) is 32.5 Å². The zero-order valence-electron chi connectivity index (χ0n) is 12.8. The van der Waals surface area contributed by atoms with Crippen molar-refractivity contribution >= 4 is 11.6 Å². The summed E-state index contributed by atoms with van der Waals surface area (Å²) in [6.07, 6.45) is 1.98. The van der Waals surface area contributed by atoms with Crippen molar-refractivity contribution in [3.63, 3.8) is 0 Å². The van der Waals surface area contributed by atoms with Crippen LogP contribution in [0.5, 0.6) is 11.5 Å². The van der Waals surface area contributed by atoms with Gasteiger partial charge in [0.15, 0.2) is 11.5 Å². The largest absolute Gasteiger partial charge is 0.493 e. The molecule has 0 aromatic heterocycles. The van der Waals surface area contributed by atoms with Gasteiger partial charge in [0.25, 0.3) is 5.91 Å². The van der Waals surface area contributed by atoms with Crippen LogP contribution in [0, 0.1) is 0 Å². The number of hydrogen-bond acceptors (Lipinski definition) is 6. The van der Waals surface area contributed by atoms with E-state index in [0.29, 0.717) is 18.1 Å². The third-order valence-corrected chi connectivity index (χ3v) is 3.53. The van der Waals surface area contributed by atoms with E-state index in [1.807, 2.05) is 0 Å². The van der Waals surface area contributed by atoms with Gasteiger partial charge in [-0.05, 0) is 18.9 Å². The Morgan fingerprint density at radius 2 is 2.27 bits per heavy atom. The first-order valence-corrected chi connectivity index (χ1v) is 7.34. The van der Waals surface area contributed by atoms with Crippen molar-refractivity contribution in [1.29, 1.82) is 0 Å². The van der Waals surface area contributed by atoms with E-state index in [4.69, 9.17) is 25.7 Å². The number of nitrogen functional groups attached to an aromatic ring is 1.